The summed E-state index contributed by atoms with van der Waals surface area (Å²) < 4.78 is 0. The molecule has 0 radical (unpaired) electrons. The molecule has 0 bridgehead atoms. The number of aliphatic hydroxyl groups is 1. The topological polar surface area (TPSA) is 90.5 Å². The molecule has 1 heterocycles. The van der Waals surface area contributed by atoms with E-state index < -0.39 is 6.10 Å². The van der Waals surface area contributed by atoms with Crippen LogP contribution in [0.2, 0.25) is 0 Å². The number of nitrogens with one attached hydrogen (secondary N) is 3. The van der Waals surface area contributed by atoms with Crippen LogP contribution in [0.1, 0.15) is 15.9 Å². The number of carbonyl (C=O) groups is 2. The van der Waals surface area contributed by atoms with Gasteiger partial charge in [-0.15, -0.1) is 24.2 Å². The molecule has 1 aliphatic rings. The SMILES string of the molecule is Cc1ccc(NC(=O)CSc2ccccc2C(=O)NCC2CNCC2O)cc1.Cl. The molecule has 0 spiro atoms. The third-order valence-electron chi connectivity index (χ3n) is 4.65. The third kappa shape index (κ3) is 6.75. The van der Waals surface area contributed by atoms with Crippen LogP contribution >= 0.6 is 24.2 Å². The van der Waals surface area contributed by atoms with Crippen LogP contribution in [0.25, 0.3) is 0 Å². The van der Waals surface area contributed by atoms with Gasteiger partial charge in [0, 0.05) is 36.1 Å². The van der Waals surface area contributed by atoms with E-state index >= 15 is 0 Å². The molecular weight excluding hydrogens is 410 g/mol. The fourth-order valence-electron chi connectivity index (χ4n) is 3.00. The maximum Gasteiger partial charge on any atom is 0.252 e. The predicted octanol–water partition coefficient (Wildman–Crippen LogP) is 2.46. The van der Waals surface area contributed by atoms with E-state index in [1.54, 1.807) is 12.1 Å². The van der Waals surface area contributed by atoms with Gasteiger partial charge in [0.05, 0.1) is 17.4 Å². The van der Waals surface area contributed by atoms with Crippen LogP contribution < -0.4 is 16.0 Å². The number of hydrogen-bond acceptors (Lipinski definition) is 5. The van der Waals surface area contributed by atoms with Gasteiger partial charge >= 0.3 is 0 Å². The van der Waals surface area contributed by atoms with Gasteiger partial charge in [-0.2, -0.15) is 0 Å². The molecule has 3 rings (SSSR count). The van der Waals surface area contributed by atoms with Crippen molar-refractivity contribution in [2.75, 3.05) is 30.7 Å². The Kier molecular flexibility index (Phi) is 8.98. The summed E-state index contributed by atoms with van der Waals surface area (Å²) in [6, 6.07) is 14.9. The molecule has 1 saturated heterocycles. The van der Waals surface area contributed by atoms with E-state index in [1.807, 2.05) is 43.3 Å². The first-order valence-corrected chi connectivity index (χ1v) is 10.3. The van der Waals surface area contributed by atoms with E-state index in [1.165, 1.54) is 11.8 Å². The van der Waals surface area contributed by atoms with E-state index in [0.717, 1.165) is 16.1 Å². The molecule has 8 heteroatoms. The summed E-state index contributed by atoms with van der Waals surface area (Å²) in [4.78, 5) is 25.5. The highest BCUT2D eigenvalue weighted by Gasteiger charge is 2.25. The minimum atomic E-state index is -0.435. The average molecular weight is 436 g/mol. The molecule has 1 aliphatic heterocycles. The first-order valence-electron chi connectivity index (χ1n) is 9.28. The van der Waals surface area contributed by atoms with Crippen LogP contribution in [-0.4, -0.2) is 48.4 Å². The Bertz CT molecular complexity index is 832. The van der Waals surface area contributed by atoms with Crippen molar-refractivity contribution < 1.29 is 14.7 Å². The monoisotopic (exact) mass is 435 g/mol. The Labute approximate surface area is 181 Å². The zero-order valence-electron chi connectivity index (χ0n) is 16.2. The fourth-order valence-corrected chi connectivity index (χ4v) is 3.85. The summed E-state index contributed by atoms with van der Waals surface area (Å²) in [6.07, 6.45) is -0.435. The van der Waals surface area contributed by atoms with Gasteiger partial charge < -0.3 is 21.1 Å². The van der Waals surface area contributed by atoms with Gasteiger partial charge in [-0.05, 0) is 31.2 Å². The van der Waals surface area contributed by atoms with Gasteiger partial charge in [-0.3, -0.25) is 9.59 Å². The first-order chi connectivity index (χ1) is 13.5. The van der Waals surface area contributed by atoms with E-state index in [4.69, 9.17) is 0 Å². The predicted molar refractivity (Wildman–Crippen MR) is 119 cm³/mol. The number of carbonyl (C=O) groups excluding carboxylic acids is 2. The molecule has 2 aromatic carbocycles. The van der Waals surface area contributed by atoms with Crippen molar-refractivity contribution in [3.8, 4) is 0 Å². The largest absolute Gasteiger partial charge is 0.391 e. The zero-order chi connectivity index (χ0) is 19.9. The molecular formula is C21H26ClN3O3S. The highest BCUT2D eigenvalue weighted by atomic mass is 35.5. The van der Waals surface area contributed by atoms with Gasteiger partial charge in [0.1, 0.15) is 0 Å². The van der Waals surface area contributed by atoms with Crippen LogP contribution in [0.3, 0.4) is 0 Å². The highest BCUT2D eigenvalue weighted by molar-refractivity contribution is 8.00. The number of anilines is 1. The second kappa shape index (κ2) is 11.2. The number of amides is 2. The third-order valence-corrected chi connectivity index (χ3v) is 5.73. The molecule has 2 atom stereocenters. The van der Waals surface area contributed by atoms with Gasteiger partial charge in [-0.1, -0.05) is 29.8 Å². The maximum absolute atomic E-state index is 12.6. The Balaban J connectivity index is 0.00000300. The van der Waals surface area contributed by atoms with Crippen molar-refractivity contribution in [2.45, 2.75) is 17.9 Å². The molecule has 0 saturated carbocycles. The summed E-state index contributed by atoms with van der Waals surface area (Å²) in [6.45, 7) is 3.66. The van der Waals surface area contributed by atoms with Gasteiger partial charge in [0.2, 0.25) is 5.91 Å². The Morgan fingerprint density at radius 1 is 1.14 bits per heavy atom. The Morgan fingerprint density at radius 3 is 2.55 bits per heavy atom. The van der Waals surface area contributed by atoms with E-state index in [2.05, 4.69) is 16.0 Å². The first kappa shape index (κ1) is 23.2. The van der Waals surface area contributed by atoms with Crippen molar-refractivity contribution in [3.05, 3.63) is 59.7 Å². The summed E-state index contributed by atoms with van der Waals surface area (Å²) >= 11 is 1.33. The quantitative estimate of drug-likeness (QED) is 0.501. The standard InChI is InChI=1S/C21H25N3O3S.ClH/c1-14-6-8-16(9-7-14)24-20(26)13-28-19-5-3-2-4-17(19)21(27)23-11-15-10-22-12-18(15)25;/h2-9,15,18,22,25H,10-13H2,1H3,(H,23,27)(H,24,26);1H. The molecule has 0 aromatic heterocycles. The minimum absolute atomic E-state index is 0. The molecule has 1 fully saturated rings. The van der Waals surface area contributed by atoms with Crippen LogP contribution in [0.5, 0.6) is 0 Å². The number of aliphatic hydroxyl groups excluding tert-OH is 1. The van der Waals surface area contributed by atoms with Crippen molar-refractivity contribution in [1.82, 2.24) is 10.6 Å². The molecule has 156 valence electrons. The molecule has 2 aromatic rings. The number of aryl methyl sites for hydroxylation is 1. The van der Waals surface area contributed by atoms with Crippen molar-refractivity contribution in [1.29, 1.82) is 0 Å². The van der Waals surface area contributed by atoms with E-state index in [9.17, 15) is 14.7 Å². The number of β-amino-alcohol motifs (C(OH)–C–C–N with tert-alkyl or cyclic N) is 1. The lowest BCUT2D eigenvalue weighted by atomic mass is 10.1. The maximum atomic E-state index is 12.6. The van der Waals surface area contributed by atoms with Crippen LogP contribution in [0.15, 0.2) is 53.4 Å². The summed E-state index contributed by atoms with van der Waals surface area (Å²) in [5, 5.41) is 18.7. The Hall–Kier alpha value is -2.06. The molecule has 4 N–H and O–H groups in total. The molecule has 2 amide bonds. The fraction of sp³-hybridized carbons (Fsp3) is 0.333. The summed E-state index contributed by atoms with van der Waals surface area (Å²) in [5.74, 6) is -0.0851. The second-order valence-electron chi connectivity index (χ2n) is 6.89. The average Bonchev–Trinajstić information content (AvgIpc) is 3.11. The van der Waals surface area contributed by atoms with Gasteiger partial charge in [0.15, 0.2) is 0 Å². The molecule has 2 unspecified atom stereocenters. The van der Waals surface area contributed by atoms with Crippen LogP contribution in [-0.2, 0) is 4.79 Å². The van der Waals surface area contributed by atoms with E-state index in [-0.39, 0.29) is 35.9 Å². The minimum Gasteiger partial charge on any atom is -0.391 e. The van der Waals surface area contributed by atoms with Crippen molar-refractivity contribution in [3.63, 3.8) is 0 Å². The molecule has 6 nitrogen and oxygen atoms in total. The number of benzene rings is 2. The number of rotatable bonds is 7. The smallest absolute Gasteiger partial charge is 0.252 e. The number of hydrogen-bond donors (Lipinski definition) is 4. The molecule has 0 aliphatic carbocycles. The highest BCUT2D eigenvalue weighted by Crippen LogP contribution is 2.23. The van der Waals surface area contributed by atoms with Gasteiger partial charge in [0.25, 0.3) is 5.91 Å². The number of thioether (sulfide) groups is 1. The van der Waals surface area contributed by atoms with E-state index in [0.29, 0.717) is 25.2 Å². The van der Waals surface area contributed by atoms with Crippen LogP contribution in [0.4, 0.5) is 5.69 Å². The Morgan fingerprint density at radius 2 is 1.86 bits per heavy atom. The molecule has 29 heavy (non-hydrogen) atoms. The second-order valence-corrected chi connectivity index (χ2v) is 7.91. The van der Waals surface area contributed by atoms with Crippen molar-refractivity contribution in [2.24, 2.45) is 5.92 Å². The van der Waals surface area contributed by atoms with Crippen molar-refractivity contribution >= 4 is 41.7 Å². The summed E-state index contributed by atoms with van der Waals surface area (Å²) in [5.41, 5.74) is 2.43. The lowest BCUT2D eigenvalue weighted by Crippen LogP contribution is -2.34. The zero-order valence-corrected chi connectivity index (χ0v) is 17.8. The number of halogens is 1. The summed E-state index contributed by atoms with van der Waals surface area (Å²) in [7, 11) is 0. The lowest BCUT2D eigenvalue weighted by molar-refractivity contribution is -0.113. The lowest BCUT2D eigenvalue weighted by Gasteiger charge is -2.15. The normalized spacial score (nSPS) is 18.0. The van der Waals surface area contributed by atoms with Crippen LogP contribution in [0, 0.1) is 12.8 Å². The van der Waals surface area contributed by atoms with Gasteiger partial charge in [-0.25, -0.2) is 0 Å².